The van der Waals surface area contributed by atoms with Crippen LogP contribution in [0.3, 0.4) is 0 Å². The highest BCUT2D eigenvalue weighted by Gasteiger charge is 2.39. The Bertz CT molecular complexity index is 998. The SMILES string of the molecule is CCc1cccc(CC)c1NC(=O)C(C)N1C(=O)C(CC)Oc2ccc([N+](=O)[O-])cc21. The van der Waals surface area contributed by atoms with Gasteiger partial charge < -0.3 is 10.1 Å². The number of nitrogens with one attached hydrogen (secondary N) is 1. The minimum atomic E-state index is -0.888. The molecule has 1 aliphatic heterocycles. The number of anilines is 2. The first-order valence-corrected chi connectivity index (χ1v) is 10.5. The molecule has 0 radical (unpaired) electrons. The second-order valence-electron chi connectivity index (χ2n) is 7.46. The number of aryl methyl sites for hydroxylation is 2. The number of ether oxygens (including phenoxy) is 1. The predicted molar refractivity (Wildman–Crippen MR) is 119 cm³/mol. The Morgan fingerprint density at radius 3 is 2.39 bits per heavy atom. The Morgan fingerprint density at radius 1 is 1.19 bits per heavy atom. The van der Waals surface area contributed by atoms with Gasteiger partial charge in [0.05, 0.1) is 10.6 Å². The van der Waals surface area contributed by atoms with Gasteiger partial charge in [0, 0.05) is 17.8 Å². The molecule has 2 amide bonds. The van der Waals surface area contributed by atoms with Crippen molar-refractivity contribution in [1.82, 2.24) is 0 Å². The third-order valence-corrected chi connectivity index (χ3v) is 5.58. The summed E-state index contributed by atoms with van der Waals surface area (Å²) in [6, 6.07) is 9.08. The summed E-state index contributed by atoms with van der Waals surface area (Å²) in [6.45, 7) is 7.46. The summed E-state index contributed by atoms with van der Waals surface area (Å²) in [5, 5.41) is 14.3. The van der Waals surface area contributed by atoms with Crippen LogP contribution in [-0.2, 0) is 22.4 Å². The molecule has 31 heavy (non-hydrogen) atoms. The molecule has 0 bridgehead atoms. The monoisotopic (exact) mass is 425 g/mol. The maximum Gasteiger partial charge on any atom is 0.271 e. The van der Waals surface area contributed by atoms with E-state index in [-0.39, 0.29) is 17.3 Å². The standard InChI is InChI=1S/C23H27N3O5/c1-5-15-9-8-10-16(6-2)21(15)24-22(27)14(4)25-18-13-17(26(29)30)11-12-20(18)31-19(7-3)23(25)28/h8-14,19H,5-7H2,1-4H3,(H,24,27). The van der Waals surface area contributed by atoms with Crippen molar-refractivity contribution >= 4 is 28.9 Å². The van der Waals surface area contributed by atoms with Crippen LogP contribution < -0.4 is 15.0 Å². The van der Waals surface area contributed by atoms with Crippen LogP contribution in [0.15, 0.2) is 36.4 Å². The third kappa shape index (κ3) is 4.23. The van der Waals surface area contributed by atoms with Crippen LogP contribution in [-0.4, -0.2) is 28.9 Å². The molecule has 0 aromatic heterocycles. The van der Waals surface area contributed by atoms with Gasteiger partial charge in [0.1, 0.15) is 11.8 Å². The van der Waals surface area contributed by atoms with E-state index in [4.69, 9.17) is 4.74 Å². The molecule has 0 fully saturated rings. The van der Waals surface area contributed by atoms with Gasteiger partial charge in [-0.25, -0.2) is 0 Å². The van der Waals surface area contributed by atoms with Crippen LogP contribution in [0, 0.1) is 10.1 Å². The molecule has 2 aromatic carbocycles. The van der Waals surface area contributed by atoms with E-state index in [9.17, 15) is 19.7 Å². The Balaban J connectivity index is 1.99. The lowest BCUT2D eigenvalue weighted by molar-refractivity contribution is -0.384. The lowest BCUT2D eigenvalue weighted by atomic mass is 10.0. The van der Waals surface area contributed by atoms with Crippen LogP contribution >= 0.6 is 0 Å². The number of benzene rings is 2. The van der Waals surface area contributed by atoms with Crippen molar-refractivity contribution in [3.8, 4) is 5.75 Å². The van der Waals surface area contributed by atoms with Gasteiger partial charge in [-0.15, -0.1) is 0 Å². The van der Waals surface area contributed by atoms with Gasteiger partial charge in [-0.3, -0.25) is 24.6 Å². The fourth-order valence-corrected chi connectivity index (χ4v) is 3.79. The summed E-state index contributed by atoms with van der Waals surface area (Å²) in [6.07, 6.45) is 1.17. The van der Waals surface area contributed by atoms with Crippen molar-refractivity contribution in [3.63, 3.8) is 0 Å². The van der Waals surface area contributed by atoms with E-state index in [1.165, 1.54) is 23.1 Å². The molecule has 0 aliphatic carbocycles. The molecule has 8 nitrogen and oxygen atoms in total. The third-order valence-electron chi connectivity index (χ3n) is 5.58. The molecule has 1 N–H and O–H groups in total. The average Bonchev–Trinajstić information content (AvgIpc) is 2.77. The zero-order chi connectivity index (χ0) is 22.7. The Morgan fingerprint density at radius 2 is 1.84 bits per heavy atom. The summed E-state index contributed by atoms with van der Waals surface area (Å²) in [7, 11) is 0. The highest BCUT2D eigenvalue weighted by molar-refractivity contribution is 6.08. The zero-order valence-electron chi connectivity index (χ0n) is 18.2. The second-order valence-corrected chi connectivity index (χ2v) is 7.46. The van der Waals surface area contributed by atoms with Crippen molar-refractivity contribution < 1.29 is 19.2 Å². The molecule has 164 valence electrons. The van der Waals surface area contributed by atoms with Crippen LogP contribution in [0.25, 0.3) is 0 Å². The van der Waals surface area contributed by atoms with E-state index in [2.05, 4.69) is 5.32 Å². The number of nitro groups is 1. The first-order valence-electron chi connectivity index (χ1n) is 10.5. The fraction of sp³-hybridized carbons (Fsp3) is 0.391. The average molecular weight is 425 g/mol. The molecule has 3 rings (SSSR count). The van der Waals surface area contributed by atoms with E-state index < -0.39 is 23.0 Å². The highest BCUT2D eigenvalue weighted by Crippen LogP contribution is 2.39. The highest BCUT2D eigenvalue weighted by atomic mass is 16.6. The molecule has 2 aromatic rings. The molecular formula is C23H27N3O5. The van der Waals surface area contributed by atoms with Crippen molar-refractivity contribution in [2.24, 2.45) is 0 Å². The zero-order valence-corrected chi connectivity index (χ0v) is 18.2. The summed E-state index contributed by atoms with van der Waals surface area (Å²) in [5.74, 6) is -0.407. The largest absolute Gasteiger partial charge is 0.478 e. The first kappa shape index (κ1) is 22.3. The summed E-state index contributed by atoms with van der Waals surface area (Å²) >= 11 is 0. The maximum absolute atomic E-state index is 13.2. The van der Waals surface area contributed by atoms with Crippen molar-refractivity contribution in [2.45, 2.75) is 59.1 Å². The quantitative estimate of drug-likeness (QED) is 0.528. The van der Waals surface area contributed by atoms with Crippen molar-refractivity contribution in [2.75, 3.05) is 10.2 Å². The number of nitrogens with zero attached hydrogens (tertiary/aromatic N) is 2. The summed E-state index contributed by atoms with van der Waals surface area (Å²) < 4.78 is 5.73. The van der Waals surface area contributed by atoms with Gasteiger partial charge in [0.25, 0.3) is 11.6 Å². The molecule has 1 aliphatic rings. The van der Waals surface area contributed by atoms with Crippen molar-refractivity contribution in [3.05, 3.63) is 57.6 Å². The minimum Gasteiger partial charge on any atom is -0.478 e. The number of fused-ring (bicyclic) bond motifs is 1. The molecule has 0 saturated heterocycles. The molecule has 0 saturated carbocycles. The number of hydrogen-bond donors (Lipinski definition) is 1. The van der Waals surface area contributed by atoms with Gasteiger partial charge in [-0.05, 0) is 43.4 Å². The summed E-state index contributed by atoms with van der Waals surface area (Å²) in [4.78, 5) is 38.4. The Kier molecular flexibility index (Phi) is 6.58. The summed E-state index contributed by atoms with van der Waals surface area (Å²) in [5.41, 5.74) is 2.83. The fourth-order valence-electron chi connectivity index (χ4n) is 3.79. The molecule has 8 heteroatoms. The first-order chi connectivity index (χ1) is 14.8. The number of para-hydroxylation sites is 1. The smallest absolute Gasteiger partial charge is 0.271 e. The van der Waals surface area contributed by atoms with E-state index >= 15 is 0 Å². The lowest BCUT2D eigenvalue weighted by Crippen LogP contribution is -2.53. The predicted octanol–water partition coefficient (Wildman–Crippen LogP) is 4.25. The Labute approximate surface area is 181 Å². The van der Waals surface area contributed by atoms with Gasteiger partial charge in [-0.1, -0.05) is 39.0 Å². The molecule has 0 spiro atoms. The van der Waals surface area contributed by atoms with Crippen molar-refractivity contribution in [1.29, 1.82) is 0 Å². The molecule has 2 unspecified atom stereocenters. The lowest BCUT2D eigenvalue weighted by Gasteiger charge is -2.37. The normalized spacial score (nSPS) is 16.3. The maximum atomic E-state index is 13.2. The number of rotatable bonds is 7. The number of amides is 2. The molecular weight excluding hydrogens is 398 g/mol. The van der Waals surface area contributed by atoms with E-state index in [1.807, 2.05) is 39.0 Å². The van der Waals surface area contributed by atoms with E-state index in [1.54, 1.807) is 6.92 Å². The number of carbonyl (C=O) groups is 2. The van der Waals surface area contributed by atoms with Crippen LogP contribution in [0.1, 0.15) is 45.2 Å². The Hall–Kier alpha value is -3.42. The van der Waals surface area contributed by atoms with Gasteiger partial charge in [0.15, 0.2) is 6.10 Å². The van der Waals surface area contributed by atoms with Gasteiger partial charge in [-0.2, -0.15) is 0 Å². The second kappa shape index (κ2) is 9.16. The number of carbonyl (C=O) groups excluding carboxylic acids is 2. The van der Waals surface area contributed by atoms with E-state index in [0.717, 1.165) is 29.7 Å². The number of non-ortho nitro benzene ring substituents is 1. The molecule has 2 atom stereocenters. The topological polar surface area (TPSA) is 102 Å². The van der Waals surface area contributed by atoms with Gasteiger partial charge >= 0.3 is 0 Å². The van der Waals surface area contributed by atoms with Gasteiger partial charge in [0.2, 0.25) is 5.91 Å². The van der Waals surface area contributed by atoms with Crippen LogP contribution in [0.4, 0.5) is 17.1 Å². The van der Waals surface area contributed by atoms with Crippen LogP contribution in [0.5, 0.6) is 5.75 Å². The van der Waals surface area contributed by atoms with Crippen LogP contribution in [0.2, 0.25) is 0 Å². The minimum absolute atomic E-state index is 0.174. The van der Waals surface area contributed by atoms with E-state index in [0.29, 0.717) is 12.2 Å². The number of hydrogen-bond acceptors (Lipinski definition) is 5. The number of nitro benzene ring substituents is 1. The molecule has 1 heterocycles.